The van der Waals surface area contributed by atoms with E-state index in [4.69, 9.17) is 9.47 Å². The summed E-state index contributed by atoms with van der Waals surface area (Å²) < 4.78 is 11.1. The zero-order valence-electron chi connectivity index (χ0n) is 59.6. The third kappa shape index (κ3) is 22.3. The first kappa shape index (κ1) is 81.9. The highest BCUT2D eigenvalue weighted by atomic mass is 16.5. The molecule has 1 fully saturated rings. The number of cyclic esters (lactones) is 1. The van der Waals surface area contributed by atoms with Gasteiger partial charge in [0.15, 0.2) is 24.2 Å². The van der Waals surface area contributed by atoms with Crippen LogP contribution in [0.2, 0.25) is 0 Å². The van der Waals surface area contributed by atoms with E-state index in [9.17, 15) is 86.2 Å². The largest absolute Gasteiger partial charge is 0.497 e. The van der Waals surface area contributed by atoms with Gasteiger partial charge in [-0.25, -0.2) is 54.7 Å². The molecule has 0 unspecified atom stereocenters. The second-order valence-electron chi connectivity index (χ2n) is 25.9. The smallest absolute Gasteiger partial charge is 0.334 e. The number of aliphatic hydroxyl groups excluding tert-OH is 14. The van der Waals surface area contributed by atoms with Crippen LogP contribution in [0.25, 0.3) is 23.1 Å². The average Bonchev–Trinajstić information content (AvgIpc) is 1.83. The van der Waals surface area contributed by atoms with Gasteiger partial charge < -0.3 is 96.0 Å². The van der Waals surface area contributed by atoms with Crippen LogP contribution in [0, 0.1) is 11.8 Å². The van der Waals surface area contributed by atoms with E-state index in [1.807, 2.05) is 0 Å². The molecule has 4 aromatic carbocycles. The van der Waals surface area contributed by atoms with Gasteiger partial charge in [0.25, 0.3) is 5.91 Å². The number of aliphatic imine (C=N–C) groups is 10. The number of carbonyl (C=O) groups excluding carboxylic acids is 2. The number of aromatic nitrogens is 1. The van der Waals surface area contributed by atoms with E-state index < -0.39 is 187 Å². The fourth-order valence-corrected chi connectivity index (χ4v) is 11.5. The van der Waals surface area contributed by atoms with Gasteiger partial charge in [-0.15, -0.1) is 0 Å². The highest BCUT2D eigenvalue weighted by molar-refractivity contribution is 5.98. The Morgan fingerprint density at radius 3 is 1.92 bits per heavy atom. The van der Waals surface area contributed by atoms with Crippen molar-refractivity contribution in [2.75, 3.05) is 20.2 Å². The Morgan fingerprint density at radius 1 is 0.660 bits per heavy atom. The number of para-hydroxylation sites is 1. The number of carbonyl (C=O) groups is 3. The molecule has 0 saturated carbocycles. The monoisotopic (exact) mass is 1470 g/mol. The summed E-state index contributed by atoms with van der Waals surface area (Å²) in [5, 5.41) is 176. The number of rotatable bonds is 17. The molecule has 32 heteroatoms. The van der Waals surface area contributed by atoms with Crippen molar-refractivity contribution in [3.05, 3.63) is 149 Å². The van der Waals surface area contributed by atoms with Gasteiger partial charge in [-0.3, -0.25) is 9.59 Å². The molecular formula is C74H92N12O20. The number of nitrogens with zero attached hydrogens (tertiary/aromatic N) is 11. The molecule has 106 heavy (non-hydrogen) atoms. The predicted molar refractivity (Wildman–Crippen MR) is 402 cm³/mol. The average molecular weight is 1470 g/mol. The third-order valence-electron chi connectivity index (χ3n) is 17.1. The number of allylic oxidation sites excluding steroid dienone is 1. The molecule has 32 nitrogen and oxygen atoms in total. The van der Waals surface area contributed by atoms with E-state index >= 15 is 4.79 Å². The minimum atomic E-state index is -2.50. The Hall–Kier alpha value is -11.4. The first-order chi connectivity index (χ1) is 50.4. The van der Waals surface area contributed by atoms with E-state index in [-0.39, 0.29) is 43.4 Å². The second-order valence-corrected chi connectivity index (χ2v) is 25.9. The third-order valence-corrected chi connectivity index (χ3v) is 17.1. The van der Waals surface area contributed by atoms with Crippen LogP contribution in [0.3, 0.4) is 0 Å². The molecule has 1 amide bonds. The maximum atomic E-state index is 15.0. The maximum absolute atomic E-state index is 15.0. The maximum Gasteiger partial charge on any atom is 0.334 e. The van der Waals surface area contributed by atoms with E-state index in [2.05, 4.69) is 54.9 Å². The van der Waals surface area contributed by atoms with Crippen molar-refractivity contribution in [1.82, 2.24) is 9.88 Å². The number of nitrogens with one attached hydrogen (secondary N) is 1. The van der Waals surface area contributed by atoms with Crippen molar-refractivity contribution in [2.45, 2.75) is 166 Å². The molecule has 0 spiro atoms. The minimum absolute atomic E-state index is 0.0370. The number of fused-ring (bicyclic) bond motifs is 2. The molecule has 0 aliphatic carbocycles. The number of hydrogen-bond acceptors (Lipinski definition) is 19. The SMILES string of the molecule is C/C=C\c1ccccc1/C=C/C(O)=N[C@@H]1C(O)=N[C@@H](C)C(O)=N[C@@H](CC(=O)O)C(O)=NCC(O)=N[C@@H]([C@@H](O)c2ccccc2)C(=O)N2CCC[C@H]2C(O)=N[C@@H]([C@@H](O)c2ccc(OC)cc2)C(O)=N[C@H](Cc2c[nH]c3ccccc23)C(O)=N[C@@H](O)C(O)=N[C@H](CC(C)C)C(O)=N[C@H]([C@@H](O)C(C)C)C(=O)O[C@@H]1C. The lowest BCUT2D eigenvalue weighted by Crippen LogP contribution is -2.47. The van der Waals surface area contributed by atoms with Gasteiger partial charge in [0.05, 0.1) is 19.6 Å². The zero-order valence-corrected chi connectivity index (χ0v) is 59.6. The van der Waals surface area contributed by atoms with Crippen molar-refractivity contribution in [3.8, 4) is 5.75 Å². The molecule has 16 N–H and O–H groups in total. The molecular weight excluding hydrogens is 1380 g/mol. The number of aliphatic carboxylic acids is 1. The lowest BCUT2D eigenvalue weighted by atomic mass is 9.99. The highest BCUT2D eigenvalue weighted by Crippen LogP contribution is 2.30. The number of H-pyrrole nitrogens is 1. The van der Waals surface area contributed by atoms with E-state index in [0.29, 0.717) is 27.8 Å². The van der Waals surface area contributed by atoms with Crippen LogP contribution >= 0.6 is 0 Å². The summed E-state index contributed by atoms with van der Waals surface area (Å²) in [6, 6.07) is 10.9. The Labute approximate surface area is 610 Å². The van der Waals surface area contributed by atoms with Crippen molar-refractivity contribution in [2.24, 2.45) is 61.8 Å². The lowest BCUT2D eigenvalue weighted by Gasteiger charge is -2.29. The van der Waals surface area contributed by atoms with Crippen LogP contribution in [0.1, 0.15) is 114 Å². The van der Waals surface area contributed by atoms with E-state index in [1.165, 1.54) is 82.5 Å². The van der Waals surface area contributed by atoms with Gasteiger partial charge in [-0.2, -0.15) is 0 Å². The second kappa shape index (κ2) is 38.4. The number of hydrogen-bond donors (Lipinski definition) is 16. The Kier molecular flexibility index (Phi) is 29.7. The Morgan fingerprint density at radius 2 is 1.26 bits per heavy atom. The number of methoxy groups -OCH3 is 1. The number of amides is 1. The number of aromatic amines is 1. The number of carboxylic acid groups (broad SMARTS) is 1. The molecule has 0 bridgehead atoms. The van der Waals surface area contributed by atoms with E-state index in [0.717, 1.165) is 23.5 Å². The number of esters is 1. The summed E-state index contributed by atoms with van der Waals surface area (Å²) in [4.78, 5) is 87.2. The predicted octanol–water partition coefficient (Wildman–Crippen LogP) is 8.26. The molecule has 5 aromatic rings. The first-order valence-electron chi connectivity index (χ1n) is 34.1. The lowest BCUT2D eigenvalue weighted by molar-refractivity contribution is -0.153. The molecule has 1 aromatic heterocycles. The van der Waals surface area contributed by atoms with Crippen LogP contribution in [0.5, 0.6) is 5.75 Å². The quantitative estimate of drug-likeness (QED) is 0.0236. The van der Waals surface area contributed by atoms with Crippen molar-refractivity contribution in [3.63, 3.8) is 0 Å². The van der Waals surface area contributed by atoms with Crippen LogP contribution < -0.4 is 4.74 Å². The van der Waals surface area contributed by atoms with E-state index in [1.54, 1.807) is 93.7 Å². The molecule has 2 aliphatic heterocycles. The van der Waals surface area contributed by atoms with Crippen molar-refractivity contribution in [1.29, 1.82) is 0 Å². The molecule has 2 aliphatic rings. The molecule has 14 atom stereocenters. The molecule has 0 radical (unpaired) electrons. The fraction of sp³-hybridized carbons (Fsp3) is 0.419. The van der Waals surface area contributed by atoms with Crippen molar-refractivity contribution >= 4 is 99.9 Å². The topological polar surface area (TPSA) is 516 Å². The van der Waals surface area contributed by atoms with Gasteiger partial charge in [0.1, 0.15) is 60.8 Å². The highest BCUT2D eigenvalue weighted by Gasteiger charge is 2.42. The van der Waals surface area contributed by atoms with Gasteiger partial charge in [0.2, 0.25) is 65.2 Å². The molecule has 3 heterocycles. The first-order valence-corrected chi connectivity index (χ1v) is 34.1. The van der Waals surface area contributed by atoms with Crippen LogP contribution in [0.15, 0.2) is 171 Å². The minimum Gasteiger partial charge on any atom is -0.497 e. The number of benzene rings is 4. The number of aliphatic hydroxyl groups is 14. The van der Waals surface area contributed by atoms with Crippen LogP contribution in [-0.4, -0.2) is 256 Å². The van der Waals surface area contributed by atoms with Crippen LogP contribution in [0.4, 0.5) is 0 Å². The normalized spacial score (nSPS) is 24.8. The van der Waals surface area contributed by atoms with Gasteiger partial charge in [-0.1, -0.05) is 125 Å². The Balaban J connectivity index is 1.44. The van der Waals surface area contributed by atoms with Gasteiger partial charge in [0, 0.05) is 36.1 Å². The summed E-state index contributed by atoms with van der Waals surface area (Å²) in [6.07, 6.45) is -3.48. The number of ether oxygens (including phenoxy) is 2. The summed E-state index contributed by atoms with van der Waals surface area (Å²) in [5.74, 6) is -15.3. The summed E-state index contributed by atoms with van der Waals surface area (Å²) >= 11 is 0. The standard InChI is InChI=1S/C74H92N12O20/c1-9-18-42-19-13-14-20-43(42)28-31-54(87)81-57-41(7)106-74(104)60(61(91)39(4)5)84-66(96)50(33-38(2)3)80-71(101)72(102)85-67(97)51(34-46-36-75-49-24-16-15-23-48(46)49)79-70(100)58(62(92)45-26-29-47(105-8)30-27-45)83-68(98)53-25-17-32-86(53)73(103)59(63(93)44-21-11-10-12-22-44)82-55(88)37-76-65(95)52(35-56(89)90)78-64(94)40(6)77-69(57)99/h9-16,18-24,26-31,36,38-41,50-53,57-63,72,75,91-93,102H,17,25,32-35,37H2,1-8H3,(H,76,95)(H,77,99)(H,78,94)(H,79,100)(H,80,101)(H,81,87)(H,82,88)(H,83,98)(H,84,96)(H,85,97)(H,89,90)/b18-9-,31-28+/t40-,41+,50+,51+,52-,53-,57-,58-,59-,60+,61-,62-,63-,72-/m0/s1. The van der Waals surface area contributed by atoms with Gasteiger partial charge >= 0.3 is 11.9 Å². The van der Waals surface area contributed by atoms with Gasteiger partial charge in [-0.05, 0) is 104 Å². The number of carboxylic acids is 1. The van der Waals surface area contributed by atoms with Crippen molar-refractivity contribution < 1.29 is 100 Å². The molecule has 568 valence electrons. The fourth-order valence-electron chi connectivity index (χ4n) is 11.5. The van der Waals surface area contributed by atoms with Crippen LogP contribution in [-0.2, 0) is 25.5 Å². The summed E-state index contributed by atoms with van der Waals surface area (Å²) in [6.45, 7) is 9.33. The zero-order chi connectivity index (χ0) is 77.6. The molecule has 7 rings (SSSR count). The summed E-state index contributed by atoms with van der Waals surface area (Å²) in [5.41, 5.74) is 2.57. The summed E-state index contributed by atoms with van der Waals surface area (Å²) in [7, 11) is 1.40. The molecule has 1 saturated heterocycles. The Bertz CT molecular complexity index is 4220.